The molecule has 0 bridgehead atoms. The van der Waals surface area contributed by atoms with E-state index < -0.39 is 11.4 Å². The van der Waals surface area contributed by atoms with Crippen LogP contribution in [0.4, 0.5) is 0 Å². The van der Waals surface area contributed by atoms with Gasteiger partial charge in [-0.3, -0.25) is 9.59 Å². The van der Waals surface area contributed by atoms with Crippen molar-refractivity contribution in [2.24, 2.45) is 5.41 Å². The number of nitrogens with zero attached hydrogens (tertiary/aromatic N) is 1. The summed E-state index contributed by atoms with van der Waals surface area (Å²) in [6.45, 7) is 2.78. The number of hydrogen-bond acceptors (Lipinski definition) is 2. The van der Waals surface area contributed by atoms with Crippen LogP contribution in [0.15, 0.2) is 22.7 Å². The minimum Gasteiger partial charge on any atom is -0.481 e. The fourth-order valence-electron chi connectivity index (χ4n) is 2.70. The summed E-state index contributed by atoms with van der Waals surface area (Å²) in [5.41, 5.74) is -0.247. The van der Waals surface area contributed by atoms with Crippen LogP contribution in [-0.2, 0) is 4.79 Å². The van der Waals surface area contributed by atoms with E-state index in [2.05, 4.69) is 15.9 Å². The molecule has 6 heteroatoms. The number of hydrogen-bond donors (Lipinski definition) is 1. The quantitative estimate of drug-likeness (QED) is 0.875. The molecule has 4 nitrogen and oxygen atoms in total. The zero-order valence-corrected chi connectivity index (χ0v) is 14.1. The Morgan fingerprint density at radius 2 is 2.00 bits per heavy atom. The number of benzene rings is 1. The van der Waals surface area contributed by atoms with E-state index in [0.717, 1.165) is 0 Å². The third-order valence-corrected chi connectivity index (χ3v) is 5.62. The van der Waals surface area contributed by atoms with E-state index in [0.29, 0.717) is 47.4 Å². The summed E-state index contributed by atoms with van der Waals surface area (Å²) in [6.07, 6.45) is 1.55. The molecule has 2 rings (SSSR count). The van der Waals surface area contributed by atoms with Crippen LogP contribution in [0.2, 0.25) is 5.02 Å². The summed E-state index contributed by atoms with van der Waals surface area (Å²) >= 11 is 9.46. The fourth-order valence-corrected chi connectivity index (χ4v) is 3.27. The summed E-state index contributed by atoms with van der Waals surface area (Å²) in [4.78, 5) is 25.6. The SMILES string of the molecule is CCC1(C(=O)O)CCN(C(=O)c2cccc(Br)c2Cl)CC1. The Balaban J connectivity index is 2.14. The molecule has 1 N–H and O–H groups in total. The molecule has 0 radical (unpaired) electrons. The van der Waals surface area contributed by atoms with Crippen molar-refractivity contribution in [3.05, 3.63) is 33.3 Å². The summed E-state index contributed by atoms with van der Waals surface area (Å²) in [7, 11) is 0. The van der Waals surface area contributed by atoms with Crippen LogP contribution in [0.5, 0.6) is 0 Å². The number of carboxylic acids is 1. The van der Waals surface area contributed by atoms with Crippen molar-refractivity contribution in [2.45, 2.75) is 26.2 Å². The van der Waals surface area contributed by atoms with E-state index >= 15 is 0 Å². The van der Waals surface area contributed by atoms with Crippen LogP contribution in [-0.4, -0.2) is 35.0 Å². The van der Waals surface area contributed by atoms with Gasteiger partial charge in [0.1, 0.15) is 0 Å². The molecule has 1 aromatic rings. The van der Waals surface area contributed by atoms with Gasteiger partial charge >= 0.3 is 5.97 Å². The standard InChI is InChI=1S/C15H17BrClNO3/c1-2-15(14(20)21)6-8-18(9-7-15)13(19)10-4-3-5-11(16)12(10)17/h3-5H,2,6-9H2,1H3,(H,20,21). The van der Waals surface area contributed by atoms with Gasteiger partial charge < -0.3 is 10.0 Å². The summed E-state index contributed by atoms with van der Waals surface area (Å²) in [5.74, 6) is -0.908. The van der Waals surface area contributed by atoms with E-state index in [9.17, 15) is 14.7 Å². The maximum Gasteiger partial charge on any atom is 0.309 e. The van der Waals surface area contributed by atoms with Crippen molar-refractivity contribution in [1.29, 1.82) is 0 Å². The largest absolute Gasteiger partial charge is 0.481 e. The lowest BCUT2D eigenvalue weighted by atomic mass is 9.76. The Morgan fingerprint density at radius 3 is 2.52 bits per heavy atom. The zero-order chi connectivity index (χ0) is 15.6. The van der Waals surface area contributed by atoms with Gasteiger partial charge in [-0.25, -0.2) is 0 Å². The van der Waals surface area contributed by atoms with E-state index in [4.69, 9.17) is 11.6 Å². The van der Waals surface area contributed by atoms with Crippen molar-refractivity contribution in [2.75, 3.05) is 13.1 Å². The summed E-state index contributed by atoms with van der Waals surface area (Å²) in [5, 5.41) is 9.78. The normalized spacial score (nSPS) is 17.6. The minimum absolute atomic E-state index is 0.142. The highest BCUT2D eigenvalue weighted by atomic mass is 79.9. The first kappa shape index (κ1) is 16.3. The maximum absolute atomic E-state index is 12.5. The number of aliphatic carboxylic acids is 1. The average molecular weight is 375 g/mol. The summed E-state index contributed by atoms with van der Waals surface area (Å²) in [6, 6.07) is 5.23. The van der Waals surface area contributed by atoms with Crippen LogP contribution < -0.4 is 0 Å². The molecule has 0 aliphatic carbocycles. The van der Waals surface area contributed by atoms with Crippen LogP contribution in [0, 0.1) is 5.41 Å². The highest BCUT2D eigenvalue weighted by Crippen LogP contribution is 2.36. The van der Waals surface area contributed by atoms with Gasteiger partial charge in [0.2, 0.25) is 0 Å². The van der Waals surface area contributed by atoms with Crippen molar-refractivity contribution in [1.82, 2.24) is 4.90 Å². The first-order chi connectivity index (χ1) is 9.91. The molecule has 0 unspecified atom stereocenters. The highest BCUT2D eigenvalue weighted by molar-refractivity contribution is 9.10. The van der Waals surface area contributed by atoms with Crippen molar-refractivity contribution >= 4 is 39.4 Å². The molecule has 21 heavy (non-hydrogen) atoms. The number of rotatable bonds is 3. The Kier molecular flexibility index (Phi) is 4.94. The molecular formula is C15H17BrClNO3. The molecule has 1 aliphatic heterocycles. The number of piperidine rings is 1. The predicted octanol–water partition coefficient (Wildman–Crippen LogP) is 3.82. The monoisotopic (exact) mass is 373 g/mol. The van der Waals surface area contributed by atoms with Gasteiger partial charge in [0, 0.05) is 17.6 Å². The van der Waals surface area contributed by atoms with Gasteiger partial charge in [-0.05, 0) is 47.3 Å². The lowest BCUT2D eigenvalue weighted by molar-refractivity contribution is -0.152. The molecule has 0 aromatic heterocycles. The Hall–Kier alpha value is -1.07. The minimum atomic E-state index is -0.766. The molecular weight excluding hydrogens is 358 g/mol. The highest BCUT2D eigenvalue weighted by Gasteiger charge is 2.41. The van der Waals surface area contributed by atoms with Crippen molar-refractivity contribution < 1.29 is 14.7 Å². The third-order valence-electron chi connectivity index (χ3n) is 4.32. The number of carbonyl (C=O) groups excluding carboxylic acids is 1. The third kappa shape index (κ3) is 3.09. The van der Waals surface area contributed by atoms with E-state index in [1.165, 1.54) is 0 Å². The second kappa shape index (κ2) is 6.36. The second-order valence-electron chi connectivity index (χ2n) is 5.33. The van der Waals surface area contributed by atoms with E-state index in [1.807, 2.05) is 6.92 Å². The van der Waals surface area contributed by atoms with E-state index in [1.54, 1.807) is 23.1 Å². The molecule has 0 spiro atoms. The maximum atomic E-state index is 12.5. The number of carboxylic acid groups (broad SMARTS) is 1. The molecule has 1 aliphatic rings. The van der Waals surface area contributed by atoms with Gasteiger partial charge in [0.15, 0.2) is 0 Å². The molecule has 1 heterocycles. The van der Waals surface area contributed by atoms with E-state index in [-0.39, 0.29) is 5.91 Å². The Labute approximate surface area is 137 Å². The Bertz CT molecular complexity index is 568. The Morgan fingerprint density at radius 1 is 1.38 bits per heavy atom. The van der Waals surface area contributed by atoms with Gasteiger partial charge in [-0.2, -0.15) is 0 Å². The zero-order valence-electron chi connectivity index (χ0n) is 11.7. The number of carbonyl (C=O) groups is 2. The molecule has 1 aromatic carbocycles. The average Bonchev–Trinajstić information content (AvgIpc) is 2.49. The molecule has 0 saturated carbocycles. The molecule has 1 fully saturated rings. The van der Waals surface area contributed by atoms with Crippen LogP contribution >= 0.6 is 27.5 Å². The number of likely N-dealkylation sites (tertiary alicyclic amines) is 1. The fraction of sp³-hybridized carbons (Fsp3) is 0.467. The summed E-state index contributed by atoms with van der Waals surface area (Å²) < 4.78 is 0.681. The van der Waals surface area contributed by atoms with Gasteiger partial charge in [-0.15, -0.1) is 0 Å². The van der Waals surface area contributed by atoms with Gasteiger partial charge in [0.25, 0.3) is 5.91 Å². The van der Waals surface area contributed by atoms with Crippen molar-refractivity contribution in [3.8, 4) is 0 Å². The van der Waals surface area contributed by atoms with Crippen LogP contribution in [0.25, 0.3) is 0 Å². The molecule has 114 valence electrons. The number of amides is 1. The van der Waals surface area contributed by atoms with Crippen LogP contribution in [0.1, 0.15) is 36.5 Å². The predicted molar refractivity (Wildman–Crippen MR) is 84.6 cm³/mol. The lowest BCUT2D eigenvalue weighted by Gasteiger charge is -2.38. The topological polar surface area (TPSA) is 57.6 Å². The first-order valence-electron chi connectivity index (χ1n) is 6.88. The van der Waals surface area contributed by atoms with Gasteiger partial charge in [0.05, 0.1) is 16.0 Å². The number of halogens is 2. The van der Waals surface area contributed by atoms with Crippen molar-refractivity contribution in [3.63, 3.8) is 0 Å². The molecule has 1 amide bonds. The van der Waals surface area contributed by atoms with Gasteiger partial charge in [-0.1, -0.05) is 24.6 Å². The second-order valence-corrected chi connectivity index (χ2v) is 6.56. The van der Waals surface area contributed by atoms with Crippen LogP contribution in [0.3, 0.4) is 0 Å². The lowest BCUT2D eigenvalue weighted by Crippen LogP contribution is -2.46. The smallest absolute Gasteiger partial charge is 0.309 e. The molecule has 1 saturated heterocycles. The molecule has 0 atom stereocenters. The first-order valence-corrected chi connectivity index (χ1v) is 8.05.